The third-order valence-corrected chi connectivity index (χ3v) is 1.56. The Balaban J connectivity index is 3.70. The molecule has 0 N–H and O–H groups in total. The van der Waals surface area contributed by atoms with Crippen molar-refractivity contribution in [2.45, 2.75) is 26.7 Å². The molecule has 0 radical (unpaired) electrons. The largest absolute Gasteiger partial charge is 0.278 e. The molecule has 0 aromatic heterocycles. The molecule has 0 aromatic rings. The van der Waals surface area contributed by atoms with E-state index in [1.807, 2.05) is 12.1 Å². The molecule has 0 spiro atoms. The number of carbonyl (C=O) groups excluding carboxylic acids is 1. The monoisotopic (exact) mass is 158 g/mol. The van der Waals surface area contributed by atoms with Crippen LogP contribution in [0.15, 0.2) is 0 Å². The second-order valence-electron chi connectivity index (χ2n) is 2.65. The molecule has 0 aliphatic heterocycles. The summed E-state index contributed by atoms with van der Waals surface area (Å²) in [6, 6.07) is 0. The summed E-state index contributed by atoms with van der Waals surface area (Å²) in [4.78, 5) is 10.5. The highest BCUT2D eigenvalue weighted by Gasteiger charge is 2.04. The minimum atomic E-state index is 0.819. The van der Waals surface area contributed by atoms with E-state index < -0.39 is 0 Å². The van der Waals surface area contributed by atoms with Crippen LogP contribution in [0, 0.1) is 0 Å². The topological polar surface area (TPSA) is 23.6 Å². The van der Waals surface area contributed by atoms with E-state index in [1.165, 1.54) is 0 Å². The second kappa shape index (κ2) is 6.16. The Morgan fingerprint density at radius 2 is 1.73 bits per heavy atom. The summed E-state index contributed by atoms with van der Waals surface area (Å²) >= 11 is 0. The molecular weight excluding hydrogens is 140 g/mol. The normalized spacial score (nSPS) is 10.2. The van der Waals surface area contributed by atoms with Crippen LogP contribution in [0.5, 0.6) is 0 Å². The molecule has 3 nitrogen and oxygen atoms in total. The van der Waals surface area contributed by atoms with Crippen molar-refractivity contribution in [2.75, 3.05) is 20.1 Å². The minimum Gasteiger partial charge on any atom is -0.278 e. The highest BCUT2D eigenvalue weighted by Crippen LogP contribution is 1.94. The van der Waals surface area contributed by atoms with Crippen molar-refractivity contribution in [2.24, 2.45) is 0 Å². The van der Waals surface area contributed by atoms with Crippen molar-refractivity contribution in [1.82, 2.24) is 10.0 Å². The fraction of sp³-hybridized carbons (Fsp3) is 0.875. The van der Waals surface area contributed by atoms with Gasteiger partial charge in [0.05, 0.1) is 0 Å². The first-order chi connectivity index (χ1) is 5.26. The fourth-order valence-corrected chi connectivity index (χ4v) is 0.985. The van der Waals surface area contributed by atoms with E-state index in [4.69, 9.17) is 0 Å². The lowest BCUT2D eigenvalue weighted by molar-refractivity contribution is -0.132. The maximum Gasteiger partial charge on any atom is 0.224 e. The molecule has 0 rings (SSSR count). The Morgan fingerprint density at radius 3 is 2.09 bits per heavy atom. The summed E-state index contributed by atoms with van der Waals surface area (Å²) in [7, 11) is 1.94. The lowest BCUT2D eigenvalue weighted by Crippen LogP contribution is -2.39. The van der Waals surface area contributed by atoms with Crippen LogP contribution in [-0.2, 0) is 4.79 Å². The van der Waals surface area contributed by atoms with E-state index in [2.05, 4.69) is 13.8 Å². The maximum absolute atomic E-state index is 10.5. The molecular formula is C8H18N2O. The smallest absolute Gasteiger partial charge is 0.224 e. The summed E-state index contributed by atoms with van der Waals surface area (Å²) in [6.07, 6.45) is 2.97. The number of hydrazine groups is 1. The van der Waals surface area contributed by atoms with Crippen LogP contribution < -0.4 is 0 Å². The van der Waals surface area contributed by atoms with E-state index in [1.54, 1.807) is 5.01 Å². The van der Waals surface area contributed by atoms with Gasteiger partial charge in [-0.3, -0.25) is 9.80 Å². The molecule has 0 aliphatic carbocycles. The van der Waals surface area contributed by atoms with E-state index in [9.17, 15) is 4.79 Å². The minimum absolute atomic E-state index is 0.819. The van der Waals surface area contributed by atoms with Gasteiger partial charge in [-0.25, -0.2) is 5.01 Å². The van der Waals surface area contributed by atoms with E-state index >= 15 is 0 Å². The summed E-state index contributed by atoms with van der Waals surface area (Å²) in [5.41, 5.74) is 0. The molecule has 0 aliphatic rings. The van der Waals surface area contributed by atoms with Crippen LogP contribution in [0.4, 0.5) is 0 Å². The first-order valence-electron chi connectivity index (χ1n) is 4.19. The van der Waals surface area contributed by atoms with Crippen molar-refractivity contribution < 1.29 is 4.79 Å². The lowest BCUT2D eigenvalue weighted by atomic mass is 10.4. The summed E-state index contributed by atoms with van der Waals surface area (Å²) < 4.78 is 0. The molecule has 1 amide bonds. The van der Waals surface area contributed by atoms with Gasteiger partial charge in [-0.2, -0.15) is 0 Å². The van der Waals surface area contributed by atoms with Crippen molar-refractivity contribution in [3.05, 3.63) is 0 Å². The number of hydrogen-bond acceptors (Lipinski definition) is 2. The van der Waals surface area contributed by atoms with Crippen LogP contribution in [0.2, 0.25) is 0 Å². The van der Waals surface area contributed by atoms with Gasteiger partial charge in [-0.05, 0) is 12.8 Å². The predicted molar refractivity (Wildman–Crippen MR) is 46.0 cm³/mol. The van der Waals surface area contributed by atoms with Crippen LogP contribution in [0.3, 0.4) is 0 Å². The van der Waals surface area contributed by atoms with Gasteiger partial charge in [-0.1, -0.05) is 13.8 Å². The Hall–Kier alpha value is -0.570. The van der Waals surface area contributed by atoms with Crippen LogP contribution >= 0.6 is 0 Å². The molecule has 0 saturated carbocycles. The molecule has 0 atom stereocenters. The van der Waals surface area contributed by atoms with Gasteiger partial charge < -0.3 is 0 Å². The zero-order chi connectivity index (χ0) is 8.69. The predicted octanol–water partition coefficient (Wildman–Crippen LogP) is 1.11. The zero-order valence-corrected chi connectivity index (χ0v) is 7.71. The fourth-order valence-electron chi connectivity index (χ4n) is 0.985. The van der Waals surface area contributed by atoms with Crippen molar-refractivity contribution in [3.8, 4) is 0 Å². The Labute approximate surface area is 68.9 Å². The van der Waals surface area contributed by atoms with E-state index in [0.29, 0.717) is 0 Å². The van der Waals surface area contributed by atoms with Crippen molar-refractivity contribution in [1.29, 1.82) is 0 Å². The number of nitrogens with zero attached hydrogens (tertiary/aromatic N) is 2. The molecule has 0 aromatic carbocycles. The standard InChI is InChI=1S/C8H18N2O/c1-4-6-9(3)10(8-11)7-5-2/h8H,4-7H2,1-3H3. The van der Waals surface area contributed by atoms with Crippen LogP contribution in [-0.4, -0.2) is 36.6 Å². The number of hydrogen-bond donors (Lipinski definition) is 0. The molecule has 66 valence electrons. The number of rotatable bonds is 6. The third-order valence-electron chi connectivity index (χ3n) is 1.56. The average Bonchev–Trinajstić information content (AvgIpc) is 2.00. The van der Waals surface area contributed by atoms with Gasteiger partial charge in [0, 0.05) is 20.1 Å². The number of carbonyl (C=O) groups is 1. The van der Waals surface area contributed by atoms with Crippen molar-refractivity contribution in [3.63, 3.8) is 0 Å². The summed E-state index contributed by atoms with van der Waals surface area (Å²) in [6.45, 7) is 5.93. The van der Waals surface area contributed by atoms with E-state index in [-0.39, 0.29) is 0 Å². The molecule has 11 heavy (non-hydrogen) atoms. The van der Waals surface area contributed by atoms with Gasteiger partial charge in [-0.15, -0.1) is 0 Å². The number of amides is 1. The molecule has 0 fully saturated rings. The molecule has 0 bridgehead atoms. The zero-order valence-electron chi connectivity index (χ0n) is 7.71. The second-order valence-corrected chi connectivity index (χ2v) is 2.65. The van der Waals surface area contributed by atoms with Gasteiger partial charge in [0.25, 0.3) is 0 Å². The van der Waals surface area contributed by atoms with Crippen LogP contribution in [0.1, 0.15) is 26.7 Å². The first-order valence-corrected chi connectivity index (χ1v) is 4.19. The molecule has 0 unspecified atom stereocenters. The van der Waals surface area contributed by atoms with Gasteiger partial charge in [0.15, 0.2) is 0 Å². The highest BCUT2D eigenvalue weighted by molar-refractivity contribution is 5.45. The van der Waals surface area contributed by atoms with E-state index in [0.717, 1.165) is 32.3 Å². The van der Waals surface area contributed by atoms with Gasteiger partial charge in [0.1, 0.15) is 0 Å². The summed E-state index contributed by atoms with van der Waals surface area (Å²) in [5.74, 6) is 0. The Bertz CT molecular complexity index is 106. The highest BCUT2D eigenvalue weighted by atomic mass is 16.1. The van der Waals surface area contributed by atoms with Crippen LogP contribution in [0.25, 0.3) is 0 Å². The van der Waals surface area contributed by atoms with Gasteiger partial charge >= 0.3 is 0 Å². The Morgan fingerprint density at radius 1 is 1.18 bits per heavy atom. The van der Waals surface area contributed by atoms with Gasteiger partial charge in [0.2, 0.25) is 6.41 Å². The third kappa shape index (κ3) is 3.98. The maximum atomic E-state index is 10.5. The molecule has 3 heteroatoms. The molecule has 0 heterocycles. The average molecular weight is 158 g/mol. The lowest BCUT2D eigenvalue weighted by Gasteiger charge is -2.27. The van der Waals surface area contributed by atoms with Crippen molar-refractivity contribution >= 4 is 6.41 Å². The molecule has 0 saturated heterocycles. The first kappa shape index (κ1) is 10.4. The Kier molecular flexibility index (Phi) is 5.84. The SMILES string of the molecule is CCCN(C)N(C=O)CCC. The summed E-state index contributed by atoms with van der Waals surface area (Å²) in [5, 5.41) is 3.67. The quantitative estimate of drug-likeness (QED) is 0.427.